The van der Waals surface area contributed by atoms with Crippen molar-refractivity contribution < 1.29 is 19.1 Å². The standard InChI is InChI=1S/C26H30N4O4/c1-4-29(5-2)15-16-34-25(32)19-11-13-20(14-12-19)30-17-21-22(24(30)31)23(27-26(33)28(21)3)18-9-7-6-8-10-18/h6-14,23H,4-5,15-17H2,1-3H3,(H,27,33). The number of urea groups is 1. The summed E-state index contributed by atoms with van der Waals surface area (Å²) in [5, 5.41) is 2.93. The van der Waals surface area contributed by atoms with Gasteiger partial charge in [-0.15, -0.1) is 0 Å². The highest BCUT2D eigenvalue weighted by atomic mass is 16.5. The number of carbonyl (C=O) groups is 3. The number of likely N-dealkylation sites (N-methyl/N-ethyl adjacent to an activating group) is 2. The van der Waals surface area contributed by atoms with Crippen LogP contribution in [0.5, 0.6) is 0 Å². The summed E-state index contributed by atoms with van der Waals surface area (Å²) in [5.74, 6) is -0.548. The Morgan fingerprint density at radius 1 is 1.06 bits per heavy atom. The maximum atomic E-state index is 13.5. The molecule has 0 radical (unpaired) electrons. The minimum Gasteiger partial charge on any atom is -0.461 e. The van der Waals surface area contributed by atoms with Crippen molar-refractivity contribution in [1.29, 1.82) is 0 Å². The van der Waals surface area contributed by atoms with Crippen LogP contribution in [0.25, 0.3) is 0 Å². The molecule has 2 aromatic carbocycles. The highest BCUT2D eigenvalue weighted by Gasteiger charge is 2.43. The van der Waals surface area contributed by atoms with Crippen LogP contribution in [0.4, 0.5) is 10.5 Å². The summed E-state index contributed by atoms with van der Waals surface area (Å²) in [7, 11) is 1.67. The highest BCUT2D eigenvalue weighted by molar-refractivity contribution is 6.11. The SMILES string of the molecule is CCN(CC)CCOC(=O)c1ccc(N2CC3=C(C2=O)C(c2ccccc2)NC(=O)N3C)cc1. The summed E-state index contributed by atoms with van der Waals surface area (Å²) >= 11 is 0. The lowest BCUT2D eigenvalue weighted by atomic mass is 9.96. The van der Waals surface area contributed by atoms with Gasteiger partial charge in [-0.1, -0.05) is 44.2 Å². The summed E-state index contributed by atoms with van der Waals surface area (Å²) < 4.78 is 5.39. The van der Waals surface area contributed by atoms with Gasteiger partial charge in [0.05, 0.1) is 29.4 Å². The smallest absolute Gasteiger partial charge is 0.338 e. The third-order valence-corrected chi connectivity index (χ3v) is 6.44. The lowest BCUT2D eigenvalue weighted by molar-refractivity contribution is -0.114. The van der Waals surface area contributed by atoms with Crippen LogP contribution >= 0.6 is 0 Å². The van der Waals surface area contributed by atoms with Gasteiger partial charge < -0.3 is 19.9 Å². The topological polar surface area (TPSA) is 82.2 Å². The Bertz CT molecular complexity index is 1090. The summed E-state index contributed by atoms with van der Waals surface area (Å²) in [6, 6.07) is 15.5. The maximum Gasteiger partial charge on any atom is 0.338 e. The average Bonchev–Trinajstić information content (AvgIpc) is 3.22. The van der Waals surface area contributed by atoms with Gasteiger partial charge in [0.15, 0.2) is 0 Å². The summed E-state index contributed by atoms with van der Waals surface area (Å²) in [6.45, 7) is 7.27. The number of carbonyl (C=O) groups excluding carboxylic acids is 3. The number of hydrogen-bond donors (Lipinski definition) is 1. The van der Waals surface area contributed by atoms with E-state index >= 15 is 0 Å². The van der Waals surface area contributed by atoms with E-state index in [1.807, 2.05) is 30.3 Å². The van der Waals surface area contributed by atoms with Gasteiger partial charge in [0.2, 0.25) is 0 Å². The van der Waals surface area contributed by atoms with E-state index in [4.69, 9.17) is 4.74 Å². The number of hydrogen-bond acceptors (Lipinski definition) is 5. The van der Waals surface area contributed by atoms with Crippen molar-refractivity contribution in [2.45, 2.75) is 19.9 Å². The molecule has 34 heavy (non-hydrogen) atoms. The fraction of sp³-hybridized carbons (Fsp3) is 0.346. The first-order chi connectivity index (χ1) is 16.4. The largest absolute Gasteiger partial charge is 0.461 e. The van der Waals surface area contributed by atoms with E-state index < -0.39 is 6.04 Å². The number of ether oxygens (including phenoxy) is 1. The maximum absolute atomic E-state index is 13.5. The monoisotopic (exact) mass is 462 g/mol. The Labute approximate surface area is 199 Å². The first-order valence-corrected chi connectivity index (χ1v) is 11.6. The van der Waals surface area contributed by atoms with E-state index in [-0.39, 0.29) is 24.5 Å². The number of esters is 1. The van der Waals surface area contributed by atoms with E-state index in [9.17, 15) is 14.4 Å². The van der Waals surface area contributed by atoms with Crippen molar-refractivity contribution in [2.75, 3.05) is 44.7 Å². The molecule has 0 fully saturated rings. The van der Waals surface area contributed by atoms with Gasteiger partial charge in [0.1, 0.15) is 6.61 Å². The van der Waals surface area contributed by atoms with Crippen molar-refractivity contribution in [3.63, 3.8) is 0 Å². The Morgan fingerprint density at radius 3 is 2.38 bits per heavy atom. The van der Waals surface area contributed by atoms with E-state index in [1.165, 1.54) is 4.90 Å². The van der Waals surface area contributed by atoms with Crippen molar-refractivity contribution in [2.24, 2.45) is 0 Å². The number of rotatable bonds is 8. The molecule has 178 valence electrons. The van der Waals surface area contributed by atoms with Crippen LogP contribution in [0.3, 0.4) is 0 Å². The van der Waals surface area contributed by atoms with Crippen LogP contribution in [0, 0.1) is 0 Å². The second-order valence-corrected chi connectivity index (χ2v) is 8.31. The fourth-order valence-electron chi connectivity index (χ4n) is 4.34. The van der Waals surface area contributed by atoms with Gasteiger partial charge in [-0.3, -0.25) is 9.69 Å². The van der Waals surface area contributed by atoms with Crippen LogP contribution in [0.15, 0.2) is 65.9 Å². The molecule has 2 heterocycles. The molecule has 2 aliphatic heterocycles. The third kappa shape index (κ3) is 4.54. The van der Waals surface area contributed by atoms with Crippen LogP contribution in [0.1, 0.15) is 35.8 Å². The van der Waals surface area contributed by atoms with E-state index in [0.717, 1.165) is 18.7 Å². The Balaban J connectivity index is 1.48. The Hall–Kier alpha value is -3.65. The zero-order valence-electron chi connectivity index (χ0n) is 19.8. The highest BCUT2D eigenvalue weighted by Crippen LogP contribution is 2.37. The molecule has 8 nitrogen and oxygen atoms in total. The summed E-state index contributed by atoms with van der Waals surface area (Å²) in [4.78, 5) is 43.7. The molecule has 0 aliphatic carbocycles. The minimum absolute atomic E-state index is 0.162. The van der Waals surface area contributed by atoms with Gasteiger partial charge in [-0.2, -0.15) is 0 Å². The molecular weight excluding hydrogens is 432 g/mol. The van der Waals surface area contributed by atoms with Gasteiger partial charge in [0, 0.05) is 19.3 Å². The average molecular weight is 463 g/mol. The van der Waals surface area contributed by atoms with Crippen molar-refractivity contribution in [1.82, 2.24) is 15.1 Å². The molecule has 2 aromatic rings. The molecule has 0 spiro atoms. The zero-order valence-corrected chi connectivity index (χ0v) is 19.8. The minimum atomic E-state index is -0.502. The first kappa shape index (κ1) is 23.5. The summed E-state index contributed by atoms with van der Waals surface area (Å²) in [5.41, 5.74) is 3.20. The van der Waals surface area contributed by atoms with Crippen LogP contribution in [-0.4, -0.2) is 67.5 Å². The zero-order chi connectivity index (χ0) is 24.2. The van der Waals surface area contributed by atoms with Crippen LogP contribution < -0.4 is 10.2 Å². The van der Waals surface area contributed by atoms with Crippen LogP contribution in [-0.2, 0) is 9.53 Å². The number of benzene rings is 2. The van der Waals surface area contributed by atoms with E-state index in [1.54, 1.807) is 36.2 Å². The molecule has 0 saturated carbocycles. The van der Waals surface area contributed by atoms with Crippen molar-refractivity contribution in [3.8, 4) is 0 Å². The molecule has 0 bridgehead atoms. The second-order valence-electron chi connectivity index (χ2n) is 8.31. The lowest BCUT2D eigenvalue weighted by Crippen LogP contribution is -2.45. The molecule has 4 rings (SSSR count). The van der Waals surface area contributed by atoms with Crippen molar-refractivity contribution in [3.05, 3.63) is 77.0 Å². The normalized spacial score (nSPS) is 17.8. The molecule has 2 aliphatic rings. The van der Waals surface area contributed by atoms with Gasteiger partial charge in [0.25, 0.3) is 5.91 Å². The predicted octanol–water partition coefficient (Wildman–Crippen LogP) is 3.18. The quantitative estimate of drug-likeness (QED) is 0.610. The number of anilines is 1. The van der Waals surface area contributed by atoms with Crippen LogP contribution in [0.2, 0.25) is 0 Å². The molecule has 0 saturated heterocycles. The summed E-state index contributed by atoms with van der Waals surface area (Å²) in [6.07, 6.45) is 0. The molecule has 3 amide bonds. The van der Waals surface area contributed by atoms with E-state index in [2.05, 4.69) is 24.1 Å². The fourth-order valence-corrected chi connectivity index (χ4v) is 4.34. The van der Waals surface area contributed by atoms with Crippen molar-refractivity contribution >= 4 is 23.6 Å². The Morgan fingerprint density at radius 2 is 1.74 bits per heavy atom. The molecule has 8 heteroatoms. The predicted molar refractivity (Wildman–Crippen MR) is 129 cm³/mol. The molecule has 1 unspecified atom stereocenters. The first-order valence-electron chi connectivity index (χ1n) is 11.6. The van der Waals surface area contributed by atoms with Gasteiger partial charge >= 0.3 is 12.0 Å². The molecule has 1 atom stereocenters. The third-order valence-electron chi connectivity index (χ3n) is 6.44. The lowest BCUT2D eigenvalue weighted by Gasteiger charge is -2.31. The molecule has 0 aromatic heterocycles. The number of nitrogens with zero attached hydrogens (tertiary/aromatic N) is 3. The number of amides is 3. The molecular formula is C26H30N4O4. The van der Waals surface area contributed by atoms with E-state index in [0.29, 0.717) is 35.7 Å². The molecule has 1 N–H and O–H groups in total. The van der Waals surface area contributed by atoms with Gasteiger partial charge in [-0.05, 0) is 42.9 Å². The second kappa shape index (κ2) is 10.1. The van der Waals surface area contributed by atoms with Gasteiger partial charge in [-0.25, -0.2) is 9.59 Å². The Kier molecular flexibility index (Phi) is 6.98. The number of nitrogens with one attached hydrogen (secondary N) is 1.